The van der Waals surface area contributed by atoms with Gasteiger partial charge in [-0.2, -0.15) is 0 Å². The molecule has 2 rings (SSSR count). The summed E-state index contributed by atoms with van der Waals surface area (Å²) in [6, 6.07) is 8.20. The van der Waals surface area contributed by atoms with Crippen molar-refractivity contribution in [2.45, 2.75) is 45.6 Å². The van der Waals surface area contributed by atoms with Gasteiger partial charge < -0.3 is 14.4 Å². The third kappa shape index (κ3) is 4.49. The van der Waals surface area contributed by atoms with Crippen molar-refractivity contribution in [3.05, 3.63) is 35.4 Å². The summed E-state index contributed by atoms with van der Waals surface area (Å²) in [5.74, 6) is -0.607. The molecule has 0 bridgehead atoms. The van der Waals surface area contributed by atoms with Gasteiger partial charge in [-0.05, 0) is 39.7 Å². The third-order valence-corrected chi connectivity index (χ3v) is 4.27. The van der Waals surface area contributed by atoms with Crippen LogP contribution in [0.1, 0.15) is 44.2 Å². The zero-order valence-electron chi connectivity index (χ0n) is 15.2. The van der Waals surface area contributed by atoms with Gasteiger partial charge in [-0.1, -0.05) is 29.8 Å². The molecule has 0 aromatic heterocycles. The smallest absolute Gasteiger partial charge is 0.410 e. The highest BCUT2D eigenvalue weighted by atomic mass is 16.6. The van der Waals surface area contributed by atoms with E-state index in [-0.39, 0.29) is 23.9 Å². The summed E-state index contributed by atoms with van der Waals surface area (Å²) in [5, 5.41) is 0. The number of piperidine rings is 1. The van der Waals surface area contributed by atoms with Gasteiger partial charge in [-0.15, -0.1) is 0 Å². The van der Waals surface area contributed by atoms with Crippen molar-refractivity contribution in [3.63, 3.8) is 0 Å². The third-order valence-electron chi connectivity index (χ3n) is 4.27. The molecule has 0 spiro atoms. The molecule has 0 unspecified atom stereocenters. The number of rotatable bonds is 2. The maximum absolute atomic E-state index is 12.3. The minimum atomic E-state index is -0.550. The molecular weight excluding hydrogens is 306 g/mol. The molecule has 0 saturated carbocycles. The van der Waals surface area contributed by atoms with E-state index in [2.05, 4.69) is 12.1 Å². The zero-order valence-corrected chi connectivity index (χ0v) is 15.2. The fraction of sp³-hybridized carbons (Fsp3) is 0.579. The lowest BCUT2D eigenvalue weighted by Gasteiger charge is -2.38. The van der Waals surface area contributed by atoms with Crippen LogP contribution in [0.2, 0.25) is 0 Å². The molecule has 24 heavy (non-hydrogen) atoms. The van der Waals surface area contributed by atoms with Crippen LogP contribution in [0.15, 0.2) is 24.3 Å². The van der Waals surface area contributed by atoms with Gasteiger partial charge in [0.05, 0.1) is 13.0 Å². The number of nitrogens with zero attached hydrogens (tertiary/aromatic N) is 1. The largest absolute Gasteiger partial charge is 0.469 e. The summed E-state index contributed by atoms with van der Waals surface area (Å²) >= 11 is 0. The summed E-state index contributed by atoms with van der Waals surface area (Å²) < 4.78 is 10.4. The normalized spacial score (nSPS) is 21.3. The van der Waals surface area contributed by atoms with Crippen LogP contribution >= 0.6 is 0 Å². The van der Waals surface area contributed by atoms with E-state index in [1.54, 1.807) is 4.90 Å². The van der Waals surface area contributed by atoms with E-state index in [4.69, 9.17) is 9.47 Å². The van der Waals surface area contributed by atoms with Crippen LogP contribution < -0.4 is 0 Å². The SMILES string of the molecule is COC(=O)[C@H]1CN(C(=O)OC(C)(C)C)CC[C@@H]1c1ccc(C)cc1. The predicted molar refractivity (Wildman–Crippen MR) is 91.9 cm³/mol. The van der Waals surface area contributed by atoms with Gasteiger partial charge in [0, 0.05) is 19.0 Å². The van der Waals surface area contributed by atoms with Gasteiger partial charge in [-0.25, -0.2) is 4.79 Å². The first-order valence-electron chi connectivity index (χ1n) is 8.33. The number of methoxy groups -OCH3 is 1. The molecule has 1 aliphatic rings. The first kappa shape index (κ1) is 18.3. The summed E-state index contributed by atoms with van der Waals surface area (Å²) in [5.41, 5.74) is 1.74. The molecule has 1 amide bonds. The molecule has 1 aromatic carbocycles. The van der Waals surface area contributed by atoms with Crippen molar-refractivity contribution < 1.29 is 19.1 Å². The second kappa shape index (κ2) is 7.24. The number of ether oxygens (including phenoxy) is 2. The fourth-order valence-electron chi connectivity index (χ4n) is 3.05. The van der Waals surface area contributed by atoms with E-state index < -0.39 is 5.60 Å². The van der Waals surface area contributed by atoms with Crippen LogP contribution in [0.25, 0.3) is 0 Å². The van der Waals surface area contributed by atoms with Gasteiger partial charge in [-0.3, -0.25) is 4.79 Å². The lowest BCUT2D eigenvalue weighted by Crippen LogP contribution is -2.47. The van der Waals surface area contributed by atoms with Gasteiger partial charge in [0.2, 0.25) is 0 Å². The second-order valence-electron chi connectivity index (χ2n) is 7.36. The lowest BCUT2D eigenvalue weighted by molar-refractivity contribution is -0.148. The predicted octanol–water partition coefficient (Wildman–Crippen LogP) is 3.51. The van der Waals surface area contributed by atoms with E-state index in [1.165, 1.54) is 12.7 Å². The quantitative estimate of drug-likeness (QED) is 0.777. The Morgan fingerprint density at radius 2 is 1.79 bits per heavy atom. The number of carbonyl (C=O) groups is 2. The van der Waals surface area contributed by atoms with Crippen LogP contribution in [0, 0.1) is 12.8 Å². The number of esters is 1. The van der Waals surface area contributed by atoms with E-state index >= 15 is 0 Å². The summed E-state index contributed by atoms with van der Waals surface area (Å²) in [4.78, 5) is 26.2. The Morgan fingerprint density at radius 1 is 1.17 bits per heavy atom. The van der Waals surface area contributed by atoms with Crippen molar-refractivity contribution in [1.82, 2.24) is 4.90 Å². The number of benzene rings is 1. The molecule has 1 aromatic rings. The van der Waals surface area contributed by atoms with Crippen LogP contribution in [-0.2, 0) is 14.3 Å². The number of hydrogen-bond acceptors (Lipinski definition) is 4. The number of carbonyl (C=O) groups excluding carboxylic acids is 2. The minimum absolute atomic E-state index is 0.0525. The van der Waals surface area contributed by atoms with Crippen molar-refractivity contribution in [1.29, 1.82) is 0 Å². The molecule has 1 fully saturated rings. The summed E-state index contributed by atoms with van der Waals surface area (Å²) in [6.45, 7) is 8.43. The van der Waals surface area contributed by atoms with E-state index in [1.807, 2.05) is 39.8 Å². The highest BCUT2D eigenvalue weighted by molar-refractivity contribution is 5.76. The monoisotopic (exact) mass is 333 g/mol. The topological polar surface area (TPSA) is 55.8 Å². The molecule has 132 valence electrons. The molecule has 2 atom stereocenters. The highest BCUT2D eigenvalue weighted by Gasteiger charge is 2.38. The molecule has 0 N–H and O–H groups in total. The Bertz CT molecular complexity index is 588. The molecule has 0 aliphatic carbocycles. The van der Waals surface area contributed by atoms with E-state index in [0.29, 0.717) is 19.5 Å². The van der Waals surface area contributed by atoms with Gasteiger partial charge in [0.25, 0.3) is 0 Å². The van der Waals surface area contributed by atoms with Crippen LogP contribution in [-0.4, -0.2) is 42.8 Å². The average molecular weight is 333 g/mol. The maximum atomic E-state index is 12.3. The molecule has 1 heterocycles. The average Bonchev–Trinajstić information content (AvgIpc) is 2.52. The molecule has 5 heteroatoms. The highest BCUT2D eigenvalue weighted by Crippen LogP contribution is 2.34. The Labute approximate surface area is 143 Å². The van der Waals surface area contributed by atoms with Crippen LogP contribution in [0.4, 0.5) is 4.79 Å². The zero-order chi connectivity index (χ0) is 17.9. The molecule has 0 radical (unpaired) electrons. The van der Waals surface area contributed by atoms with E-state index in [9.17, 15) is 9.59 Å². The van der Waals surface area contributed by atoms with Crippen molar-refractivity contribution in [3.8, 4) is 0 Å². The first-order valence-corrected chi connectivity index (χ1v) is 8.33. The summed E-state index contributed by atoms with van der Waals surface area (Å²) in [6.07, 6.45) is 0.334. The minimum Gasteiger partial charge on any atom is -0.469 e. The van der Waals surface area contributed by atoms with Crippen molar-refractivity contribution in [2.24, 2.45) is 5.92 Å². The van der Waals surface area contributed by atoms with Crippen molar-refractivity contribution in [2.75, 3.05) is 20.2 Å². The number of amides is 1. The number of aryl methyl sites for hydroxylation is 1. The van der Waals surface area contributed by atoms with Gasteiger partial charge >= 0.3 is 12.1 Å². The fourth-order valence-corrected chi connectivity index (χ4v) is 3.05. The second-order valence-corrected chi connectivity index (χ2v) is 7.36. The first-order chi connectivity index (χ1) is 11.2. The standard InChI is InChI=1S/C19H27NO4/c1-13-6-8-14(9-7-13)15-10-11-20(12-16(15)17(21)23-5)18(22)24-19(2,3)4/h6-9,15-16H,10-12H2,1-5H3/t15-,16+/m1/s1. The molecule has 1 saturated heterocycles. The Balaban J connectivity index is 2.17. The van der Waals surface area contributed by atoms with Crippen LogP contribution in [0.5, 0.6) is 0 Å². The summed E-state index contributed by atoms with van der Waals surface area (Å²) in [7, 11) is 1.39. The van der Waals surface area contributed by atoms with Crippen molar-refractivity contribution >= 4 is 12.1 Å². The molecular formula is C19H27NO4. The molecule has 1 aliphatic heterocycles. The van der Waals surface area contributed by atoms with Gasteiger partial charge in [0.1, 0.15) is 5.60 Å². The lowest BCUT2D eigenvalue weighted by atomic mass is 9.80. The number of likely N-dealkylation sites (tertiary alicyclic amines) is 1. The molecule has 5 nitrogen and oxygen atoms in total. The number of hydrogen-bond donors (Lipinski definition) is 0. The maximum Gasteiger partial charge on any atom is 0.410 e. The van der Waals surface area contributed by atoms with Gasteiger partial charge in [0.15, 0.2) is 0 Å². The van der Waals surface area contributed by atoms with Crippen LogP contribution in [0.3, 0.4) is 0 Å². The Hall–Kier alpha value is -2.04. The van der Waals surface area contributed by atoms with E-state index in [0.717, 1.165) is 5.56 Å². The Kier molecular flexibility index (Phi) is 5.52. The Morgan fingerprint density at radius 3 is 2.33 bits per heavy atom.